The van der Waals surface area contributed by atoms with Crippen molar-refractivity contribution in [2.45, 2.75) is 5.54 Å². The van der Waals surface area contributed by atoms with Crippen molar-refractivity contribution in [2.24, 2.45) is 0 Å². The van der Waals surface area contributed by atoms with Crippen LogP contribution < -0.4 is 4.74 Å². The van der Waals surface area contributed by atoms with Crippen LogP contribution in [0.25, 0.3) is 11.3 Å². The van der Waals surface area contributed by atoms with Crippen LogP contribution >= 0.6 is 15.9 Å². The predicted molar refractivity (Wildman–Crippen MR) is 136 cm³/mol. The number of nitrogens with zero attached hydrogens (tertiary/aromatic N) is 2. The molecular formula is C29H22BrFN2O. The van der Waals surface area contributed by atoms with E-state index >= 15 is 4.39 Å². The van der Waals surface area contributed by atoms with E-state index < -0.39 is 11.4 Å². The van der Waals surface area contributed by atoms with Gasteiger partial charge in [0.05, 0.1) is 11.6 Å². The van der Waals surface area contributed by atoms with E-state index in [1.807, 2.05) is 65.5 Å². The molecule has 0 aliphatic carbocycles. The summed E-state index contributed by atoms with van der Waals surface area (Å²) in [5.74, 6) is 0.0686. The van der Waals surface area contributed by atoms with Crippen LogP contribution in [0.1, 0.15) is 16.7 Å². The van der Waals surface area contributed by atoms with E-state index in [1.54, 1.807) is 12.1 Å². The molecule has 0 unspecified atom stereocenters. The van der Waals surface area contributed by atoms with Gasteiger partial charge in [-0.25, -0.2) is 4.39 Å². The van der Waals surface area contributed by atoms with Crippen LogP contribution in [0.2, 0.25) is 0 Å². The molecule has 5 rings (SSSR count). The zero-order valence-corrected chi connectivity index (χ0v) is 20.1. The van der Waals surface area contributed by atoms with E-state index in [0.717, 1.165) is 16.7 Å². The highest BCUT2D eigenvalue weighted by molar-refractivity contribution is 9.10. The second-order valence-electron chi connectivity index (χ2n) is 7.92. The van der Waals surface area contributed by atoms with Gasteiger partial charge in [-0.2, -0.15) is 5.10 Å². The molecule has 5 aromatic rings. The van der Waals surface area contributed by atoms with Crippen molar-refractivity contribution in [2.75, 3.05) is 7.11 Å². The first-order valence-electron chi connectivity index (χ1n) is 10.9. The summed E-state index contributed by atoms with van der Waals surface area (Å²) in [6.45, 7) is 0. The first-order valence-corrected chi connectivity index (χ1v) is 11.7. The number of aromatic nitrogens is 2. The number of hydrogen-bond donors (Lipinski definition) is 0. The molecular weight excluding hydrogens is 491 g/mol. The number of ether oxygens (including phenoxy) is 1. The highest BCUT2D eigenvalue weighted by Gasteiger charge is 2.40. The first-order chi connectivity index (χ1) is 16.6. The van der Waals surface area contributed by atoms with E-state index in [-0.39, 0.29) is 0 Å². The molecule has 0 spiro atoms. The average molecular weight is 513 g/mol. The Labute approximate surface area is 206 Å². The summed E-state index contributed by atoms with van der Waals surface area (Å²) in [7, 11) is 1.52. The van der Waals surface area contributed by atoms with Crippen LogP contribution in [0, 0.1) is 5.82 Å². The Morgan fingerprint density at radius 2 is 1.26 bits per heavy atom. The molecule has 0 N–H and O–H groups in total. The second-order valence-corrected chi connectivity index (χ2v) is 8.78. The van der Waals surface area contributed by atoms with E-state index in [4.69, 9.17) is 9.84 Å². The van der Waals surface area contributed by atoms with Crippen LogP contribution in [-0.4, -0.2) is 16.9 Å². The number of hydrogen-bond acceptors (Lipinski definition) is 2. The summed E-state index contributed by atoms with van der Waals surface area (Å²) in [5, 5.41) is 4.99. The van der Waals surface area contributed by atoms with E-state index in [0.29, 0.717) is 21.5 Å². The summed E-state index contributed by atoms with van der Waals surface area (Å²) >= 11 is 3.65. The third-order valence-electron chi connectivity index (χ3n) is 6.02. The minimum atomic E-state index is -0.770. The molecule has 168 valence electrons. The molecule has 3 nitrogen and oxygen atoms in total. The molecule has 0 atom stereocenters. The Kier molecular flexibility index (Phi) is 6.03. The lowest BCUT2D eigenvalue weighted by molar-refractivity contribution is 0.411. The van der Waals surface area contributed by atoms with Gasteiger partial charge in [0.2, 0.25) is 0 Å². The molecule has 0 saturated heterocycles. The maximum absolute atomic E-state index is 15.0. The third-order valence-corrected chi connectivity index (χ3v) is 6.60. The van der Waals surface area contributed by atoms with Crippen molar-refractivity contribution in [1.82, 2.24) is 9.78 Å². The highest BCUT2D eigenvalue weighted by atomic mass is 79.9. The van der Waals surface area contributed by atoms with Crippen LogP contribution in [0.4, 0.5) is 4.39 Å². The fourth-order valence-electron chi connectivity index (χ4n) is 4.46. The van der Waals surface area contributed by atoms with Crippen molar-refractivity contribution in [3.05, 3.63) is 142 Å². The molecule has 1 aromatic heterocycles. The Morgan fingerprint density at radius 3 is 1.71 bits per heavy atom. The molecule has 5 heteroatoms. The lowest BCUT2D eigenvalue weighted by atomic mass is 9.77. The van der Waals surface area contributed by atoms with Crippen LogP contribution in [0.5, 0.6) is 5.75 Å². The van der Waals surface area contributed by atoms with Crippen molar-refractivity contribution in [3.8, 4) is 17.0 Å². The summed E-state index contributed by atoms with van der Waals surface area (Å²) in [6, 6.07) is 35.6. The number of benzene rings is 4. The normalized spacial score (nSPS) is 11.4. The van der Waals surface area contributed by atoms with Crippen molar-refractivity contribution < 1.29 is 9.13 Å². The maximum Gasteiger partial charge on any atom is 0.138 e. The van der Waals surface area contributed by atoms with Gasteiger partial charge in [-0.05, 0) is 44.8 Å². The smallest absolute Gasteiger partial charge is 0.138 e. The molecule has 0 bridgehead atoms. The Hall–Kier alpha value is -3.70. The number of halogens is 2. The molecule has 0 saturated carbocycles. The standard InChI is InChI=1S/C29H22BrFN2O/c1-34-24-17-18-25(27(31)19-24)28-26(30)20-33(32-28)29(21-11-5-2-6-12-21,22-13-7-3-8-14-22)23-15-9-4-10-16-23/h2-20H,1H3. The minimum Gasteiger partial charge on any atom is -0.497 e. The van der Waals surface area contributed by atoms with Gasteiger partial charge in [0.25, 0.3) is 0 Å². The fourth-order valence-corrected chi connectivity index (χ4v) is 4.94. The summed E-state index contributed by atoms with van der Waals surface area (Å²) in [6.07, 6.45) is 1.92. The van der Waals surface area contributed by atoms with Gasteiger partial charge in [0.1, 0.15) is 22.8 Å². The van der Waals surface area contributed by atoms with Gasteiger partial charge in [-0.1, -0.05) is 91.0 Å². The van der Waals surface area contributed by atoms with Crippen molar-refractivity contribution in [3.63, 3.8) is 0 Å². The second kappa shape index (κ2) is 9.27. The van der Waals surface area contributed by atoms with Crippen LogP contribution in [0.3, 0.4) is 0 Å². The lowest BCUT2D eigenvalue weighted by Gasteiger charge is -2.36. The molecule has 1 heterocycles. The van der Waals surface area contributed by atoms with Gasteiger partial charge in [-0.3, -0.25) is 4.68 Å². The van der Waals surface area contributed by atoms with Crippen LogP contribution in [-0.2, 0) is 5.54 Å². The van der Waals surface area contributed by atoms with Gasteiger partial charge >= 0.3 is 0 Å². The van der Waals surface area contributed by atoms with Gasteiger partial charge in [0, 0.05) is 17.8 Å². The Balaban J connectivity index is 1.82. The Morgan fingerprint density at radius 1 is 0.765 bits per heavy atom. The topological polar surface area (TPSA) is 27.1 Å². The minimum absolute atomic E-state index is 0.393. The molecule has 0 aliphatic rings. The summed E-state index contributed by atoms with van der Waals surface area (Å²) < 4.78 is 22.8. The van der Waals surface area contributed by atoms with Gasteiger partial charge in [-0.15, -0.1) is 0 Å². The SMILES string of the molecule is COc1ccc(-c2nn(C(c3ccccc3)(c3ccccc3)c3ccccc3)cc2Br)c(F)c1. The average Bonchev–Trinajstić information content (AvgIpc) is 3.27. The fraction of sp³-hybridized carbons (Fsp3) is 0.0690. The monoisotopic (exact) mass is 512 g/mol. The molecule has 0 radical (unpaired) electrons. The predicted octanol–water partition coefficient (Wildman–Crippen LogP) is 7.30. The molecule has 0 amide bonds. The third kappa shape index (κ3) is 3.72. The number of rotatable bonds is 6. The van der Waals surface area contributed by atoms with Crippen molar-refractivity contribution >= 4 is 15.9 Å². The zero-order valence-electron chi connectivity index (χ0n) is 18.5. The Bertz CT molecular complexity index is 1310. The molecule has 0 aliphatic heterocycles. The zero-order chi connectivity index (χ0) is 23.5. The lowest BCUT2D eigenvalue weighted by Crippen LogP contribution is -2.38. The maximum atomic E-state index is 15.0. The van der Waals surface area contributed by atoms with Crippen LogP contribution in [0.15, 0.2) is 120 Å². The number of methoxy groups -OCH3 is 1. The van der Waals surface area contributed by atoms with Gasteiger partial charge in [0.15, 0.2) is 0 Å². The van der Waals surface area contributed by atoms with E-state index in [9.17, 15) is 0 Å². The van der Waals surface area contributed by atoms with E-state index in [1.165, 1.54) is 13.2 Å². The van der Waals surface area contributed by atoms with Crippen molar-refractivity contribution in [1.29, 1.82) is 0 Å². The summed E-state index contributed by atoms with van der Waals surface area (Å²) in [4.78, 5) is 0. The quantitative estimate of drug-likeness (QED) is 0.223. The molecule has 4 aromatic carbocycles. The first kappa shape index (κ1) is 22.1. The summed E-state index contributed by atoms with van der Waals surface area (Å²) in [5.41, 5.74) is 3.28. The van der Waals surface area contributed by atoms with Gasteiger partial charge < -0.3 is 4.74 Å². The van der Waals surface area contributed by atoms with E-state index in [2.05, 4.69) is 52.3 Å². The highest BCUT2D eigenvalue weighted by Crippen LogP contribution is 2.42. The molecule has 0 fully saturated rings. The largest absolute Gasteiger partial charge is 0.497 e. The molecule has 34 heavy (non-hydrogen) atoms.